The van der Waals surface area contributed by atoms with Crippen LogP contribution in [0.15, 0.2) is 43.0 Å². The first kappa shape index (κ1) is 13.2. The zero-order valence-corrected chi connectivity index (χ0v) is 12.1. The topological polar surface area (TPSA) is 110 Å². The normalized spacial score (nSPS) is 10.8. The summed E-state index contributed by atoms with van der Waals surface area (Å²) in [5.74, 6) is 1.39. The highest BCUT2D eigenvalue weighted by atomic mass is 16.5. The molecule has 0 aliphatic rings. The van der Waals surface area contributed by atoms with Crippen LogP contribution in [0.4, 0.5) is 0 Å². The Morgan fingerprint density at radius 1 is 1.13 bits per heavy atom. The molecule has 114 valence electrons. The van der Waals surface area contributed by atoms with Gasteiger partial charge in [0.1, 0.15) is 11.4 Å². The van der Waals surface area contributed by atoms with Gasteiger partial charge in [0.05, 0.1) is 6.33 Å². The average molecular weight is 308 g/mol. The van der Waals surface area contributed by atoms with Crippen LogP contribution in [-0.2, 0) is 0 Å². The first-order chi connectivity index (χ1) is 11.3. The Labute approximate surface area is 130 Å². The van der Waals surface area contributed by atoms with E-state index in [0.29, 0.717) is 5.75 Å². The highest BCUT2D eigenvalue weighted by molar-refractivity contribution is 5.57. The van der Waals surface area contributed by atoms with Gasteiger partial charge in [-0.2, -0.15) is 5.21 Å². The van der Waals surface area contributed by atoms with Gasteiger partial charge in [-0.3, -0.25) is 4.57 Å². The standard InChI is InChI=1S/C14H12N8O/c1-9-12(17-8-16-9)13-15-6-7-22(13)10-2-4-11(5-3-10)23-14-18-20-21-19-14/h2-8H,1H3,(H,16,17)(H,18,19,20,21). The van der Waals surface area contributed by atoms with E-state index in [1.165, 1.54) is 0 Å². The zero-order chi connectivity index (χ0) is 15.6. The van der Waals surface area contributed by atoms with Crippen molar-refractivity contribution in [2.24, 2.45) is 0 Å². The molecule has 3 aromatic heterocycles. The largest absolute Gasteiger partial charge is 0.422 e. The average Bonchev–Trinajstić information content (AvgIpc) is 3.29. The van der Waals surface area contributed by atoms with Crippen LogP contribution in [0.3, 0.4) is 0 Å². The fraction of sp³-hybridized carbons (Fsp3) is 0.0714. The summed E-state index contributed by atoms with van der Waals surface area (Å²) in [5, 5.41) is 13.3. The number of tetrazole rings is 1. The Hall–Kier alpha value is -3.49. The third-order valence-corrected chi connectivity index (χ3v) is 3.33. The number of hydrogen-bond donors (Lipinski definition) is 2. The predicted molar refractivity (Wildman–Crippen MR) is 80.1 cm³/mol. The minimum Gasteiger partial charge on any atom is -0.422 e. The molecule has 1 aromatic carbocycles. The quantitative estimate of drug-likeness (QED) is 0.595. The number of imidazole rings is 2. The second-order valence-electron chi connectivity index (χ2n) is 4.79. The zero-order valence-electron chi connectivity index (χ0n) is 12.1. The number of H-pyrrole nitrogens is 2. The van der Waals surface area contributed by atoms with Gasteiger partial charge in [-0.05, 0) is 36.4 Å². The van der Waals surface area contributed by atoms with E-state index in [2.05, 4.69) is 35.6 Å². The van der Waals surface area contributed by atoms with E-state index in [1.807, 2.05) is 42.0 Å². The summed E-state index contributed by atoms with van der Waals surface area (Å²) in [6, 6.07) is 7.67. The van der Waals surface area contributed by atoms with E-state index in [4.69, 9.17) is 4.74 Å². The van der Waals surface area contributed by atoms with Crippen LogP contribution in [0.2, 0.25) is 0 Å². The minimum atomic E-state index is 0.174. The minimum absolute atomic E-state index is 0.174. The summed E-state index contributed by atoms with van der Waals surface area (Å²) >= 11 is 0. The number of benzene rings is 1. The van der Waals surface area contributed by atoms with Crippen molar-refractivity contribution in [3.05, 3.63) is 48.7 Å². The molecule has 0 atom stereocenters. The number of ether oxygens (including phenoxy) is 1. The number of aromatic nitrogens is 8. The first-order valence-electron chi connectivity index (χ1n) is 6.87. The van der Waals surface area contributed by atoms with E-state index in [-0.39, 0.29) is 6.01 Å². The summed E-state index contributed by atoms with van der Waals surface area (Å²) in [6.07, 6.45) is 5.29. The molecule has 23 heavy (non-hydrogen) atoms. The van der Waals surface area contributed by atoms with Crippen molar-refractivity contribution in [3.63, 3.8) is 0 Å². The molecular formula is C14H12N8O. The maximum Gasteiger partial charge on any atom is 0.361 e. The SMILES string of the molecule is Cc1[nH]cnc1-c1nccn1-c1ccc(Oc2nn[nH]n2)cc1. The van der Waals surface area contributed by atoms with Crippen molar-refractivity contribution in [2.75, 3.05) is 0 Å². The molecule has 0 aliphatic heterocycles. The van der Waals surface area contributed by atoms with E-state index < -0.39 is 0 Å². The third-order valence-electron chi connectivity index (χ3n) is 3.33. The monoisotopic (exact) mass is 308 g/mol. The van der Waals surface area contributed by atoms with E-state index in [0.717, 1.165) is 22.9 Å². The fourth-order valence-corrected chi connectivity index (χ4v) is 2.25. The number of nitrogens with zero attached hydrogens (tertiary/aromatic N) is 6. The molecule has 9 heteroatoms. The Kier molecular flexibility index (Phi) is 3.08. The predicted octanol–water partition coefficient (Wildman–Crippen LogP) is 1.88. The molecule has 0 amide bonds. The summed E-state index contributed by atoms with van der Waals surface area (Å²) in [7, 11) is 0. The smallest absolute Gasteiger partial charge is 0.361 e. The number of rotatable bonds is 4. The van der Waals surface area contributed by atoms with Crippen LogP contribution in [0.1, 0.15) is 5.69 Å². The third kappa shape index (κ3) is 2.44. The molecule has 2 N–H and O–H groups in total. The first-order valence-corrected chi connectivity index (χ1v) is 6.87. The lowest BCUT2D eigenvalue weighted by Crippen LogP contribution is -1.97. The molecule has 0 unspecified atom stereocenters. The Morgan fingerprint density at radius 3 is 2.70 bits per heavy atom. The van der Waals surface area contributed by atoms with Crippen LogP contribution in [0.25, 0.3) is 17.2 Å². The molecule has 0 saturated heterocycles. The molecule has 4 aromatic rings. The van der Waals surface area contributed by atoms with Gasteiger partial charge in [0.2, 0.25) is 0 Å². The summed E-state index contributed by atoms with van der Waals surface area (Å²) in [4.78, 5) is 11.8. The van der Waals surface area contributed by atoms with Crippen LogP contribution in [-0.4, -0.2) is 40.1 Å². The van der Waals surface area contributed by atoms with Crippen LogP contribution >= 0.6 is 0 Å². The van der Waals surface area contributed by atoms with Gasteiger partial charge in [0.25, 0.3) is 0 Å². The Bertz CT molecular complexity index is 907. The fourth-order valence-electron chi connectivity index (χ4n) is 2.25. The van der Waals surface area contributed by atoms with Crippen LogP contribution in [0, 0.1) is 6.92 Å². The van der Waals surface area contributed by atoms with E-state index >= 15 is 0 Å². The second kappa shape index (κ2) is 5.37. The van der Waals surface area contributed by atoms with Crippen molar-refractivity contribution >= 4 is 0 Å². The van der Waals surface area contributed by atoms with Gasteiger partial charge < -0.3 is 9.72 Å². The molecular weight excluding hydrogens is 296 g/mol. The molecule has 0 saturated carbocycles. The lowest BCUT2D eigenvalue weighted by atomic mass is 10.2. The maximum absolute atomic E-state index is 5.45. The summed E-state index contributed by atoms with van der Waals surface area (Å²) < 4.78 is 7.41. The van der Waals surface area contributed by atoms with Gasteiger partial charge in [-0.25, -0.2) is 9.97 Å². The van der Waals surface area contributed by atoms with Crippen molar-refractivity contribution < 1.29 is 4.74 Å². The van der Waals surface area contributed by atoms with Gasteiger partial charge in [-0.1, -0.05) is 10.2 Å². The van der Waals surface area contributed by atoms with Gasteiger partial charge >= 0.3 is 6.01 Å². The summed E-state index contributed by atoms with van der Waals surface area (Å²) in [5.41, 5.74) is 2.73. The van der Waals surface area contributed by atoms with Crippen molar-refractivity contribution in [2.45, 2.75) is 6.92 Å². The number of nitrogens with one attached hydrogen (secondary N) is 2. The van der Waals surface area contributed by atoms with Gasteiger partial charge in [0.15, 0.2) is 5.82 Å². The molecule has 3 heterocycles. The van der Waals surface area contributed by atoms with Crippen molar-refractivity contribution in [1.82, 2.24) is 40.1 Å². The Balaban J connectivity index is 1.64. The van der Waals surface area contributed by atoms with Gasteiger partial charge in [0, 0.05) is 23.8 Å². The second-order valence-corrected chi connectivity index (χ2v) is 4.79. The number of aromatic amines is 2. The number of aryl methyl sites for hydroxylation is 1. The van der Waals surface area contributed by atoms with Crippen molar-refractivity contribution in [3.8, 4) is 29.0 Å². The van der Waals surface area contributed by atoms with E-state index in [9.17, 15) is 0 Å². The highest BCUT2D eigenvalue weighted by Crippen LogP contribution is 2.24. The molecule has 0 fully saturated rings. The molecule has 4 rings (SSSR count). The molecule has 0 radical (unpaired) electrons. The van der Waals surface area contributed by atoms with Crippen LogP contribution in [0.5, 0.6) is 11.8 Å². The lowest BCUT2D eigenvalue weighted by molar-refractivity contribution is 0.442. The van der Waals surface area contributed by atoms with Gasteiger partial charge in [-0.15, -0.1) is 0 Å². The molecule has 0 spiro atoms. The summed E-state index contributed by atoms with van der Waals surface area (Å²) in [6.45, 7) is 1.96. The van der Waals surface area contributed by atoms with Crippen LogP contribution < -0.4 is 4.74 Å². The molecule has 9 nitrogen and oxygen atoms in total. The Morgan fingerprint density at radius 2 is 2.00 bits per heavy atom. The van der Waals surface area contributed by atoms with E-state index in [1.54, 1.807) is 12.5 Å². The highest BCUT2D eigenvalue weighted by Gasteiger charge is 2.12. The lowest BCUT2D eigenvalue weighted by Gasteiger charge is -2.08. The maximum atomic E-state index is 5.45. The van der Waals surface area contributed by atoms with Crippen molar-refractivity contribution in [1.29, 1.82) is 0 Å². The number of hydrogen-bond acceptors (Lipinski definition) is 6. The molecule has 0 aliphatic carbocycles. The molecule has 0 bridgehead atoms.